The fraction of sp³-hybridized carbons (Fsp3) is 0.140. The smallest absolute Gasteiger partial charge is 0.430 e. The summed E-state index contributed by atoms with van der Waals surface area (Å²) in [6.45, 7) is -0.302. The fourth-order valence-electron chi connectivity index (χ4n) is 14.2. The van der Waals surface area contributed by atoms with Gasteiger partial charge in [0.2, 0.25) is 6.10 Å². The number of thiocarbonyl (C=S) groups is 1. The highest BCUT2D eigenvalue weighted by atomic mass is 32.2. The Bertz CT molecular complexity index is 7710. The van der Waals surface area contributed by atoms with E-state index in [1.54, 1.807) is 91.0 Å². The number of carbonyl (C=O) groups excluding carboxylic acids is 1. The summed E-state index contributed by atoms with van der Waals surface area (Å²) < 4.78 is 274. The van der Waals surface area contributed by atoms with Crippen LogP contribution in [0.1, 0.15) is 50.4 Å². The first-order chi connectivity index (χ1) is 65.4. The minimum Gasteiger partial charge on any atom is -0.497 e. The largest absolute Gasteiger partial charge is 0.497 e. The molecule has 10 aromatic carbocycles. The van der Waals surface area contributed by atoms with Crippen molar-refractivity contribution in [2.24, 2.45) is 0 Å². The van der Waals surface area contributed by atoms with Gasteiger partial charge in [-0.05, 0) is 156 Å². The Morgan fingerprint density at radius 1 is 0.409 bits per heavy atom. The molecule has 2 unspecified atom stereocenters. The van der Waals surface area contributed by atoms with E-state index in [0.717, 1.165) is 60.5 Å². The molecule has 0 spiro atoms. The highest BCUT2D eigenvalue weighted by Crippen LogP contribution is 2.44. The number of sulfonamides is 3. The molecule has 6 aromatic heterocycles. The van der Waals surface area contributed by atoms with Crippen LogP contribution in [0.15, 0.2) is 310 Å². The van der Waals surface area contributed by atoms with Crippen LogP contribution < -0.4 is 62.8 Å². The predicted molar refractivity (Wildman–Crippen MR) is 483 cm³/mol. The van der Waals surface area contributed by atoms with Crippen molar-refractivity contribution in [2.45, 2.75) is 58.9 Å². The zero-order chi connectivity index (χ0) is 98.2. The van der Waals surface area contributed by atoms with Crippen molar-refractivity contribution in [1.82, 2.24) is 29.2 Å². The number of para-hydroxylation sites is 1. The Morgan fingerprint density at radius 2 is 0.745 bits per heavy atom. The molecule has 0 amide bonds. The van der Waals surface area contributed by atoms with Gasteiger partial charge in [0.05, 0.1) is 116 Å². The third kappa shape index (κ3) is 20.9. The van der Waals surface area contributed by atoms with Crippen molar-refractivity contribution in [3.05, 3.63) is 349 Å². The average Bonchev–Trinajstić information content (AvgIpc) is 1.73. The molecular weight excluding hydrogens is 1890 g/mol. The number of anilines is 3. The van der Waals surface area contributed by atoms with Gasteiger partial charge in [-0.2, -0.15) is 26.3 Å². The first kappa shape index (κ1) is 97.2. The lowest BCUT2D eigenvalue weighted by atomic mass is 10.1. The van der Waals surface area contributed by atoms with E-state index in [-0.39, 0.29) is 119 Å². The second kappa shape index (κ2) is 40.6. The van der Waals surface area contributed by atoms with E-state index >= 15 is 4.39 Å². The van der Waals surface area contributed by atoms with Crippen molar-refractivity contribution >= 4 is 104 Å². The lowest BCUT2D eigenvalue weighted by Gasteiger charge is -2.24. The summed E-state index contributed by atoms with van der Waals surface area (Å²) in [5.41, 5.74) is -2.36. The zero-order valence-corrected chi connectivity index (χ0v) is 75.1. The average molecular weight is 1970 g/mol. The summed E-state index contributed by atoms with van der Waals surface area (Å²) in [6.07, 6.45) is -12.3. The van der Waals surface area contributed by atoms with E-state index in [2.05, 4.69) is 15.5 Å². The van der Waals surface area contributed by atoms with Crippen molar-refractivity contribution in [2.75, 3.05) is 55.6 Å². The number of aliphatic hydroxyl groups is 1. The molecule has 16 rings (SSSR count). The number of aliphatic hydroxyl groups excluding tert-OH is 1. The standard InChI is InChI=1S/C36H27F4N3O8S2.C29H23F4N3O7S.C28H22FN3O7S/c1-47-24-11-8-22(9-12-24)21-42(32-16-17-49-41-32)53(45,46)26-13-14-29-23(18-26)10-15-33(44)43(29)30-20-28(37)27(19-31(30)48-2)34(36(38,39)40)51-35(52)50-25-6-4-3-5-7-25;1-41-19-6-3-17(4-7-19)16-35(26-11-12-43-34-26)44(39,40)20-8-9-23-18(13-20)5-10-27(37)36(23)24-15-22(30)21(14-25(24)42-2)28(38)29(31,32)33;1-37-21-6-3-18(4-7-21)16-31(27-11-12-39-30-27)40(35,36)22-8-9-24-19(13-22)5-10-28(34)32(24)25-15-23(29)20(17-33)14-26(25)38-2/h3-20,34H,21H2,1-2H3;3-15,28,38H,16H2,1-2H3;3-15,17H,16H2,1-2H3. The summed E-state index contributed by atoms with van der Waals surface area (Å²) in [5, 5.41) is 21.0. The van der Waals surface area contributed by atoms with Gasteiger partial charge in [-0.15, -0.1) is 0 Å². The predicted octanol–water partition coefficient (Wildman–Crippen LogP) is 17.0. The lowest BCUT2D eigenvalue weighted by molar-refractivity contribution is -0.207. The Hall–Kier alpha value is -15.8. The summed E-state index contributed by atoms with van der Waals surface area (Å²) in [4.78, 5) is 50.0. The number of nitrogens with zero attached hydrogens (tertiary/aromatic N) is 9. The van der Waals surface area contributed by atoms with Crippen LogP contribution in [0.25, 0.3) is 49.8 Å². The number of halogens is 9. The molecule has 0 saturated carbocycles. The summed E-state index contributed by atoms with van der Waals surface area (Å²) in [5.74, 6) is -2.31. The summed E-state index contributed by atoms with van der Waals surface area (Å²) >= 11 is 4.87. The number of pyridine rings is 3. The van der Waals surface area contributed by atoms with Crippen molar-refractivity contribution in [3.63, 3.8) is 0 Å². The van der Waals surface area contributed by atoms with Crippen LogP contribution in [0.3, 0.4) is 0 Å². The van der Waals surface area contributed by atoms with Gasteiger partial charge in [0.25, 0.3) is 46.7 Å². The van der Waals surface area contributed by atoms with Gasteiger partial charge < -0.3 is 56.6 Å². The third-order valence-electron chi connectivity index (χ3n) is 20.9. The zero-order valence-electron chi connectivity index (χ0n) is 71.8. The van der Waals surface area contributed by atoms with Crippen LogP contribution in [0.5, 0.6) is 40.2 Å². The van der Waals surface area contributed by atoms with Gasteiger partial charge in [-0.1, -0.05) is 70.1 Å². The van der Waals surface area contributed by atoms with E-state index in [0.29, 0.717) is 69.3 Å². The van der Waals surface area contributed by atoms with E-state index in [1.807, 2.05) is 0 Å². The number of hydrogen-bond acceptors (Lipinski definition) is 26. The van der Waals surface area contributed by atoms with Crippen LogP contribution in [0.4, 0.5) is 57.0 Å². The molecular formula is C93H72F9N9O22S4. The molecule has 2 atom stereocenters. The minimum absolute atomic E-state index is 0.000261. The molecule has 0 saturated heterocycles. The maximum Gasteiger partial charge on any atom is 0.430 e. The minimum atomic E-state index is -5.16. The molecule has 0 bridgehead atoms. The molecule has 0 fully saturated rings. The number of alkyl halides is 6. The molecule has 708 valence electrons. The quantitative estimate of drug-likeness (QED) is 0.0258. The number of ether oxygens (including phenoxy) is 8. The highest BCUT2D eigenvalue weighted by molar-refractivity contribution is 7.93. The number of aromatic nitrogens is 6. The number of benzene rings is 10. The SMILES string of the molecule is COc1ccc(CN(c2ccon2)S(=O)(=O)c2ccc3c(ccc(=O)n3-c3cc(F)c(C(O)C(F)(F)F)cc3OC)c2)cc1.COc1ccc(CN(c2ccon2)S(=O)(=O)c2ccc3c(ccc(=O)n3-c3cc(F)c(C(OC(=S)Oc4ccccc4)C(F)(F)F)cc3OC)c2)cc1.COc1ccc(CN(c2ccon2)S(=O)(=O)c2ccc3c(ccc(=O)n3-c3cc(F)c(C=O)cc3OC)c2)cc1. The third-order valence-corrected chi connectivity index (χ3v) is 26.4. The molecule has 1 N–H and O–H groups in total. The summed E-state index contributed by atoms with van der Waals surface area (Å²) in [6, 6.07) is 56.6. The molecule has 0 aliphatic heterocycles. The fourth-order valence-corrected chi connectivity index (χ4v) is 18.7. The second-order valence-electron chi connectivity index (χ2n) is 29.2. The maximum atomic E-state index is 15.8. The van der Waals surface area contributed by atoms with Gasteiger partial charge in [-0.25, -0.2) is 51.3 Å². The van der Waals surface area contributed by atoms with E-state index < -0.39 is 105 Å². The number of aldehydes is 1. The molecule has 44 heteroatoms. The van der Waals surface area contributed by atoms with Crippen LogP contribution in [0, 0.1) is 17.5 Å². The molecule has 16 aromatic rings. The molecule has 0 aliphatic carbocycles. The van der Waals surface area contributed by atoms with E-state index in [4.69, 9.17) is 63.7 Å². The van der Waals surface area contributed by atoms with Crippen molar-refractivity contribution < 1.29 is 126 Å². The van der Waals surface area contributed by atoms with Crippen molar-refractivity contribution in [3.8, 4) is 57.3 Å². The highest BCUT2D eigenvalue weighted by Gasteiger charge is 2.47. The van der Waals surface area contributed by atoms with Gasteiger partial charge in [0.15, 0.2) is 29.8 Å². The molecule has 31 nitrogen and oxygen atoms in total. The van der Waals surface area contributed by atoms with Gasteiger partial charge in [-0.3, -0.25) is 32.9 Å². The van der Waals surface area contributed by atoms with Gasteiger partial charge >= 0.3 is 17.6 Å². The number of fused-ring (bicyclic) bond motifs is 3. The number of methoxy groups -OCH3 is 6. The normalized spacial score (nSPS) is 12.1. The monoisotopic (exact) mass is 1970 g/mol. The Morgan fingerprint density at radius 3 is 1.06 bits per heavy atom. The molecule has 137 heavy (non-hydrogen) atoms. The van der Waals surface area contributed by atoms with Crippen molar-refractivity contribution in [1.29, 1.82) is 0 Å². The Kier molecular flexibility index (Phi) is 28.8. The Labute approximate surface area is 776 Å². The lowest BCUT2D eigenvalue weighted by Crippen LogP contribution is -2.31. The summed E-state index contributed by atoms with van der Waals surface area (Å²) in [7, 11) is -4.72. The van der Waals surface area contributed by atoms with Gasteiger partial charge in [0.1, 0.15) is 76.5 Å². The van der Waals surface area contributed by atoms with E-state index in [1.165, 1.54) is 167 Å². The first-order valence-corrected chi connectivity index (χ1v) is 44.6. The topological polar surface area (TPSA) is 367 Å². The van der Waals surface area contributed by atoms with Crippen LogP contribution in [0.2, 0.25) is 0 Å². The molecule has 0 aliphatic rings. The second-order valence-corrected chi connectivity index (χ2v) is 35.2. The van der Waals surface area contributed by atoms with Gasteiger partial charge in [0, 0.05) is 94.1 Å². The number of carbonyl (C=O) groups is 1. The van der Waals surface area contributed by atoms with Crippen LogP contribution in [-0.4, -0.2) is 126 Å². The van der Waals surface area contributed by atoms with Crippen LogP contribution >= 0.6 is 12.2 Å². The van der Waals surface area contributed by atoms with Crippen LogP contribution in [-0.2, 0) is 54.4 Å². The molecule has 0 radical (unpaired) electrons. The van der Waals surface area contributed by atoms with E-state index in [9.17, 15) is 84.7 Å². The number of rotatable bonds is 29. The maximum absolute atomic E-state index is 15.8. The number of hydrogen-bond donors (Lipinski definition) is 1. The first-order valence-electron chi connectivity index (χ1n) is 39.9. The molecule has 6 heterocycles. The Balaban J connectivity index is 0.000000166.